The molecule has 1 aliphatic rings. The number of benzene rings is 1. The van der Waals surface area contributed by atoms with Gasteiger partial charge in [-0.25, -0.2) is 0 Å². The molecule has 1 aliphatic heterocycles. The van der Waals surface area contributed by atoms with Gasteiger partial charge < -0.3 is 0 Å². The van der Waals surface area contributed by atoms with Crippen molar-refractivity contribution in [1.82, 2.24) is 0 Å². The van der Waals surface area contributed by atoms with Crippen LogP contribution in [-0.2, 0) is 0 Å². The van der Waals surface area contributed by atoms with Gasteiger partial charge in [-0.1, -0.05) is 18.2 Å². The fraction of sp³-hybridized carbons (Fsp3) is 0.231. The van der Waals surface area contributed by atoms with Crippen LogP contribution in [0.15, 0.2) is 52.1 Å². The number of para-hydroxylation sites is 1. The Bertz CT molecular complexity index is 418. The molecule has 1 aromatic carbocycles. The van der Waals surface area contributed by atoms with E-state index >= 15 is 0 Å². The second-order valence-electron chi connectivity index (χ2n) is 3.65. The first-order valence-corrected chi connectivity index (χ1v) is 5.38. The molecule has 0 radical (unpaired) electrons. The van der Waals surface area contributed by atoms with E-state index in [4.69, 9.17) is 0 Å². The van der Waals surface area contributed by atoms with Crippen LogP contribution in [-0.4, -0.2) is 26.0 Å². The van der Waals surface area contributed by atoms with Crippen molar-refractivity contribution in [3.8, 4) is 0 Å². The third-order valence-electron chi connectivity index (χ3n) is 2.45. The van der Waals surface area contributed by atoms with E-state index in [2.05, 4.69) is 10.1 Å². The number of allylic oxidation sites excluding steroid dienone is 1. The molecule has 0 saturated carbocycles. The lowest BCUT2D eigenvalue weighted by molar-refractivity contribution is 0.969. The van der Waals surface area contributed by atoms with Crippen molar-refractivity contribution in [1.29, 1.82) is 0 Å². The van der Waals surface area contributed by atoms with Crippen LogP contribution >= 0.6 is 0 Å². The van der Waals surface area contributed by atoms with Gasteiger partial charge in [-0.3, -0.25) is 10.0 Å². The predicted molar refractivity (Wildman–Crippen MR) is 69.4 cm³/mol. The topological polar surface area (TPSA) is 28.0 Å². The fourth-order valence-electron chi connectivity index (χ4n) is 1.48. The number of rotatable bonds is 3. The third-order valence-corrected chi connectivity index (χ3v) is 2.45. The molecule has 2 rings (SSSR count). The molecule has 0 amide bonds. The van der Waals surface area contributed by atoms with Gasteiger partial charge in [0.25, 0.3) is 0 Å². The van der Waals surface area contributed by atoms with Gasteiger partial charge in [0.1, 0.15) is 0 Å². The lowest BCUT2D eigenvalue weighted by atomic mass is 10.2. The van der Waals surface area contributed by atoms with Gasteiger partial charge in [0.05, 0.1) is 11.9 Å². The number of anilines is 1. The van der Waals surface area contributed by atoms with E-state index in [9.17, 15) is 0 Å². The highest BCUT2D eigenvalue weighted by Gasteiger charge is 1.98. The molecule has 0 aromatic heterocycles. The van der Waals surface area contributed by atoms with Crippen LogP contribution in [0.4, 0.5) is 5.69 Å². The Morgan fingerprint density at radius 1 is 1.31 bits per heavy atom. The Morgan fingerprint density at radius 2 is 2.12 bits per heavy atom. The van der Waals surface area contributed by atoms with E-state index in [1.54, 1.807) is 0 Å². The minimum Gasteiger partial charge on any atom is -0.293 e. The summed E-state index contributed by atoms with van der Waals surface area (Å²) in [6.07, 6.45) is 6.72. The van der Waals surface area contributed by atoms with Crippen LogP contribution in [0.3, 0.4) is 0 Å². The van der Waals surface area contributed by atoms with Crippen molar-refractivity contribution in [2.45, 2.75) is 6.42 Å². The Labute approximate surface area is 95.8 Å². The van der Waals surface area contributed by atoms with Crippen molar-refractivity contribution in [2.75, 3.05) is 18.6 Å². The molecule has 0 spiro atoms. The van der Waals surface area contributed by atoms with Gasteiger partial charge in [-0.05, 0) is 30.2 Å². The molecule has 1 heterocycles. The van der Waals surface area contributed by atoms with Crippen molar-refractivity contribution in [3.63, 3.8) is 0 Å². The molecule has 1 aromatic rings. The van der Waals surface area contributed by atoms with E-state index in [1.807, 2.05) is 60.9 Å². The fourth-order valence-corrected chi connectivity index (χ4v) is 1.48. The summed E-state index contributed by atoms with van der Waals surface area (Å²) in [5.41, 5.74) is 2.31. The Balaban J connectivity index is 2.02. The van der Waals surface area contributed by atoms with Crippen LogP contribution < -0.4 is 5.01 Å². The lowest BCUT2D eigenvalue weighted by Gasteiger charge is -2.12. The summed E-state index contributed by atoms with van der Waals surface area (Å²) in [5.74, 6) is 0. The van der Waals surface area contributed by atoms with Gasteiger partial charge in [0, 0.05) is 19.8 Å². The SMILES string of the molecule is CN(/N=C/C1=CC=NCC1)c1ccccc1. The maximum Gasteiger partial charge on any atom is 0.0590 e. The summed E-state index contributed by atoms with van der Waals surface area (Å²) in [4.78, 5) is 4.14. The van der Waals surface area contributed by atoms with Crippen LogP contribution in [0, 0.1) is 0 Å². The number of hydrogen-bond acceptors (Lipinski definition) is 3. The minimum absolute atomic E-state index is 0.868. The monoisotopic (exact) mass is 213 g/mol. The summed E-state index contributed by atoms with van der Waals surface area (Å²) in [7, 11) is 1.95. The largest absolute Gasteiger partial charge is 0.293 e. The zero-order valence-electron chi connectivity index (χ0n) is 9.37. The van der Waals surface area contributed by atoms with E-state index in [1.165, 1.54) is 5.57 Å². The second kappa shape index (κ2) is 5.26. The first-order chi connectivity index (χ1) is 7.86. The lowest BCUT2D eigenvalue weighted by Crippen LogP contribution is -2.09. The highest BCUT2D eigenvalue weighted by Crippen LogP contribution is 2.11. The Hall–Kier alpha value is -1.90. The normalized spacial score (nSPS) is 15.2. The Kier molecular flexibility index (Phi) is 3.49. The average molecular weight is 213 g/mol. The van der Waals surface area contributed by atoms with Gasteiger partial charge >= 0.3 is 0 Å². The summed E-state index contributed by atoms with van der Waals surface area (Å²) in [6, 6.07) is 10.1. The Morgan fingerprint density at radius 3 is 2.81 bits per heavy atom. The molecule has 0 unspecified atom stereocenters. The highest BCUT2D eigenvalue weighted by atomic mass is 15.4. The molecule has 3 heteroatoms. The summed E-state index contributed by atoms with van der Waals surface area (Å²) in [6.45, 7) is 0.868. The van der Waals surface area contributed by atoms with Gasteiger partial charge in [0.15, 0.2) is 0 Å². The molecular weight excluding hydrogens is 198 g/mol. The molecule has 82 valence electrons. The van der Waals surface area contributed by atoms with Crippen molar-refractivity contribution >= 4 is 18.1 Å². The van der Waals surface area contributed by atoms with Crippen molar-refractivity contribution < 1.29 is 0 Å². The number of dihydropyridines is 1. The van der Waals surface area contributed by atoms with Gasteiger partial charge in [-0.15, -0.1) is 0 Å². The number of hydrogen-bond donors (Lipinski definition) is 0. The number of nitrogens with zero attached hydrogens (tertiary/aromatic N) is 3. The number of hydrazone groups is 1. The zero-order valence-corrected chi connectivity index (χ0v) is 9.37. The van der Waals surface area contributed by atoms with E-state index in [0.717, 1.165) is 18.7 Å². The average Bonchev–Trinajstić information content (AvgIpc) is 2.38. The molecular formula is C13H15N3. The summed E-state index contributed by atoms with van der Waals surface area (Å²) < 4.78 is 0. The third kappa shape index (κ3) is 2.79. The molecule has 0 bridgehead atoms. The van der Waals surface area contributed by atoms with Crippen LogP contribution in [0.2, 0.25) is 0 Å². The quantitative estimate of drug-likeness (QED) is 0.560. The minimum atomic E-state index is 0.868. The first-order valence-electron chi connectivity index (χ1n) is 5.38. The van der Waals surface area contributed by atoms with Crippen molar-refractivity contribution in [2.24, 2.45) is 10.1 Å². The number of aliphatic imine (C=N–C) groups is 1. The van der Waals surface area contributed by atoms with E-state index < -0.39 is 0 Å². The summed E-state index contributed by atoms with van der Waals surface area (Å²) in [5, 5.41) is 6.26. The van der Waals surface area contributed by atoms with E-state index in [0.29, 0.717) is 0 Å². The maximum atomic E-state index is 4.40. The smallest absolute Gasteiger partial charge is 0.0590 e. The maximum absolute atomic E-state index is 4.40. The molecule has 0 fully saturated rings. The van der Waals surface area contributed by atoms with Crippen LogP contribution in [0.1, 0.15) is 6.42 Å². The standard InChI is InChI=1S/C13H15N3/c1-16(13-5-3-2-4-6-13)15-11-12-7-9-14-10-8-12/h2-7,9,11H,8,10H2,1H3/b15-11+. The molecule has 3 nitrogen and oxygen atoms in total. The van der Waals surface area contributed by atoms with Gasteiger partial charge in [-0.2, -0.15) is 5.10 Å². The summed E-state index contributed by atoms with van der Waals surface area (Å²) >= 11 is 0. The molecule has 0 saturated heterocycles. The van der Waals surface area contributed by atoms with Crippen LogP contribution in [0.25, 0.3) is 0 Å². The molecule has 0 aliphatic carbocycles. The van der Waals surface area contributed by atoms with Gasteiger partial charge in [0.2, 0.25) is 0 Å². The second-order valence-corrected chi connectivity index (χ2v) is 3.65. The molecule has 16 heavy (non-hydrogen) atoms. The zero-order chi connectivity index (χ0) is 11.2. The predicted octanol–water partition coefficient (Wildman–Crippen LogP) is 2.51. The molecule has 0 atom stereocenters. The van der Waals surface area contributed by atoms with Crippen molar-refractivity contribution in [3.05, 3.63) is 42.0 Å². The molecule has 0 N–H and O–H groups in total. The van der Waals surface area contributed by atoms with Crippen LogP contribution in [0.5, 0.6) is 0 Å². The van der Waals surface area contributed by atoms with E-state index in [-0.39, 0.29) is 0 Å². The first kappa shape index (κ1) is 10.6. The highest BCUT2D eigenvalue weighted by molar-refractivity contribution is 5.88.